The lowest BCUT2D eigenvalue weighted by Gasteiger charge is -2.37. The van der Waals surface area contributed by atoms with Crippen molar-refractivity contribution in [2.45, 2.75) is 38.2 Å². The SMILES string of the molecule is CN(C)CCN1CCC2(CCN(Cc3ccco3)CC2)C1=O.O=C(O)C(F)(F)F.O=C(O)C(F)(F)F. The van der Waals surface area contributed by atoms with Crippen LogP contribution < -0.4 is 0 Å². The summed E-state index contributed by atoms with van der Waals surface area (Å²) in [5, 5.41) is 14.2. The first-order valence-electron chi connectivity index (χ1n) is 10.8. The molecule has 0 aliphatic carbocycles. The number of amides is 1. The van der Waals surface area contributed by atoms with Crippen LogP contribution in [-0.2, 0) is 20.9 Å². The second kappa shape index (κ2) is 12.9. The fraction of sp³-hybridized carbons (Fsp3) is 0.667. The topological polar surface area (TPSA) is 115 Å². The van der Waals surface area contributed by atoms with Gasteiger partial charge in [-0.1, -0.05) is 0 Å². The highest BCUT2D eigenvalue weighted by molar-refractivity contribution is 5.85. The molecular weight excluding hydrogens is 504 g/mol. The van der Waals surface area contributed by atoms with Gasteiger partial charge in [0, 0.05) is 19.6 Å². The summed E-state index contributed by atoms with van der Waals surface area (Å²) in [6, 6.07) is 3.96. The Morgan fingerprint density at radius 1 is 1.00 bits per heavy atom. The van der Waals surface area contributed by atoms with Crippen molar-refractivity contribution >= 4 is 17.8 Å². The summed E-state index contributed by atoms with van der Waals surface area (Å²) in [6.45, 7) is 5.60. The number of rotatable bonds is 5. The quantitative estimate of drug-likeness (QED) is 0.556. The van der Waals surface area contributed by atoms with Gasteiger partial charge in [0.1, 0.15) is 5.76 Å². The van der Waals surface area contributed by atoms with E-state index in [0.29, 0.717) is 5.91 Å². The van der Waals surface area contributed by atoms with Crippen LogP contribution in [0.2, 0.25) is 0 Å². The molecule has 0 unspecified atom stereocenters. The predicted octanol–water partition coefficient (Wildman–Crippen LogP) is 2.92. The van der Waals surface area contributed by atoms with Crippen LogP contribution in [0.1, 0.15) is 25.0 Å². The van der Waals surface area contributed by atoms with Crippen molar-refractivity contribution in [2.75, 3.05) is 46.8 Å². The van der Waals surface area contributed by atoms with Crippen LogP contribution in [0.25, 0.3) is 0 Å². The van der Waals surface area contributed by atoms with E-state index < -0.39 is 24.3 Å². The molecule has 2 saturated heterocycles. The van der Waals surface area contributed by atoms with Gasteiger partial charge in [0.15, 0.2) is 0 Å². The van der Waals surface area contributed by atoms with Gasteiger partial charge in [-0.05, 0) is 58.6 Å². The van der Waals surface area contributed by atoms with E-state index in [1.165, 1.54) is 0 Å². The number of aliphatic carboxylic acids is 2. The monoisotopic (exact) mass is 533 g/mol. The third kappa shape index (κ3) is 10.0. The average Bonchev–Trinajstić information content (AvgIpc) is 3.37. The number of carbonyl (C=O) groups excluding carboxylic acids is 1. The Labute approximate surface area is 203 Å². The summed E-state index contributed by atoms with van der Waals surface area (Å²) in [5.41, 5.74) is -0.0774. The van der Waals surface area contributed by atoms with Gasteiger partial charge in [-0.15, -0.1) is 0 Å². The number of furan rings is 1. The normalized spacial score (nSPS) is 17.9. The van der Waals surface area contributed by atoms with E-state index in [1.54, 1.807) is 6.26 Å². The molecule has 0 radical (unpaired) electrons. The van der Waals surface area contributed by atoms with Crippen LogP contribution >= 0.6 is 0 Å². The molecule has 9 nitrogen and oxygen atoms in total. The molecule has 2 aliphatic rings. The van der Waals surface area contributed by atoms with Crippen LogP contribution in [0.5, 0.6) is 0 Å². The lowest BCUT2D eigenvalue weighted by molar-refractivity contribution is -0.193. The first-order chi connectivity index (χ1) is 16.5. The maximum Gasteiger partial charge on any atom is 0.490 e. The van der Waals surface area contributed by atoms with E-state index in [9.17, 15) is 31.1 Å². The maximum atomic E-state index is 12.8. The highest BCUT2D eigenvalue weighted by atomic mass is 19.4. The van der Waals surface area contributed by atoms with Crippen molar-refractivity contribution in [3.05, 3.63) is 24.2 Å². The molecular formula is C21H29F6N3O6. The fourth-order valence-electron chi connectivity index (χ4n) is 3.65. The second-order valence-corrected chi connectivity index (χ2v) is 8.59. The van der Waals surface area contributed by atoms with Crippen molar-refractivity contribution in [3.8, 4) is 0 Å². The standard InChI is InChI=1S/C17H27N3O2.2C2HF3O2/c1-18(2)11-12-20-10-7-17(16(20)21)5-8-19(9-6-17)14-15-4-3-13-22-15;2*3-2(4,5)1(6)7/h3-4,13H,5-12,14H2,1-2H3;2*(H,6,7). The van der Waals surface area contributed by atoms with E-state index in [0.717, 1.165) is 64.3 Å². The largest absolute Gasteiger partial charge is 0.490 e. The average molecular weight is 533 g/mol. The molecule has 3 rings (SSSR count). The summed E-state index contributed by atoms with van der Waals surface area (Å²) >= 11 is 0. The fourth-order valence-corrected chi connectivity index (χ4v) is 3.65. The van der Waals surface area contributed by atoms with Gasteiger partial charge in [0.2, 0.25) is 5.91 Å². The summed E-state index contributed by atoms with van der Waals surface area (Å²) in [4.78, 5) is 37.2. The van der Waals surface area contributed by atoms with Crippen molar-refractivity contribution in [1.82, 2.24) is 14.7 Å². The highest BCUT2D eigenvalue weighted by Crippen LogP contribution is 2.41. The Morgan fingerprint density at radius 3 is 1.86 bits per heavy atom. The molecule has 2 N–H and O–H groups in total. The highest BCUT2D eigenvalue weighted by Gasteiger charge is 2.47. The molecule has 0 atom stereocenters. The van der Waals surface area contributed by atoms with Crippen LogP contribution in [0.4, 0.5) is 26.3 Å². The molecule has 2 fully saturated rings. The number of likely N-dealkylation sites (N-methyl/N-ethyl adjacent to an activating group) is 1. The van der Waals surface area contributed by atoms with Gasteiger partial charge >= 0.3 is 24.3 Å². The van der Waals surface area contributed by atoms with Gasteiger partial charge in [0.05, 0.1) is 18.2 Å². The number of nitrogens with zero attached hydrogens (tertiary/aromatic N) is 3. The zero-order valence-corrected chi connectivity index (χ0v) is 19.7. The van der Waals surface area contributed by atoms with E-state index in [-0.39, 0.29) is 5.41 Å². The Balaban J connectivity index is 0.000000383. The van der Waals surface area contributed by atoms with E-state index in [4.69, 9.17) is 24.2 Å². The number of piperidine rings is 1. The molecule has 0 saturated carbocycles. The summed E-state index contributed by atoms with van der Waals surface area (Å²) in [5.74, 6) is -4.10. The van der Waals surface area contributed by atoms with Gasteiger partial charge in [-0.3, -0.25) is 9.69 Å². The molecule has 1 amide bonds. The third-order valence-corrected chi connectivity index (χ3v) is 5.68. The van der Waals surface area contributed by atoms with Crippen LogP contribution in [-0.4, -0.2) is 102 Å². The minimum absolute atomic E-state index is 0.0774. The summed E-state index contributed by atoms with van der Waals surface area (Å²) < 4.78 is 68.9. The molecule has 15 heteroatoms. The Bertz CT molecular complexity index is 825. The molecule has 1 spiro atoms. The molecule has 0 bridgehead atoms. The van der Waals surface area contributed by atoms with Gasteiger partial charge in [0.25, 0.3) is 0 Å². The van der Waals surface area contributed by atoms with Crippen molar-refractivity contribution in [2.24, 2.45) is 5.41 Å². The molecule has 36 heavy (non-hydrogen) atoms. The van der Waals surface area contributed by atoms with E-state index in [1.807, 2.05) is 12.1 Å². The zero-order chi connectivity index (χ0) is 27.7. The number of carboxylic acids is 2. The van der Waals surface area contributed by atoms with Gasteiger partial charge in [-0.2, -0.15) is 26.3 Å². The molecule has 1 aromatic heterocycles. The molecule has 206 valence electrons. The van der Waals surface area contributed by atoms with Crippen molar-refractivity contribution in [3.63, 3.8) is 0 Å². The van der Waals surface area contributed by atoms with E-state index in [2.05, 4.69) is 28.8 Å². The zero-order valence-electron chi connectivity index (χ0n) is 19.7. The Hall–Kier alpha value is -2.81. The van der Waals surface area contributed by atoms with Crippen LogP contribution in [0, 0.1) is 5.41 Å². The smallest absolute Gasteiger partial charge is 0.475 e. The predicted molar refractivity (Wildman–Crippen MR) is 113 cm³/mol. The first-order valence-corrected chi connectivity index (χ1v) is 10.8. The maximum absolute atomic E-state index is 12.8. The number of hydrogen-bond donors (Lipinski definition) is 2. The van der Waals surface area contributed by atoms with Crippen LogP contribution in [0.3, 0.4) is 0 Å². The van der Waals surface area contributed by atoms with E-state index >= 15 is 0 Å². The Kier molecular flexibility index (Phi) is 11.2. The lowest BCUT2D eigenvalue weighted by Crippen LogP contribution is -2.45. The first kappa shape index (κ1) is 31.2. The molecule has 0 aromatic carbocycles. The molecule has 1 aromatic rings. The number of carbonyl (C=O) groups is 3. The molecule has 2 aliphatic heterocycles. The van der Waals surface area contributed by atoms with Gasteiger partial charge < -0.3 is 24.4 Å². The van der Waals surface area contributed by atoms with Crippen LogP contribution in [0.15, 0.2) is 22.8 Å². The summed E-state index contributed by atoms with van der Waals surface area (Å²) in [6.07, 6.45) is -5.42. The Morgan fingerprint density at radius 2 is 1.47 bits per heavy atom. The number of carboxylic acid groups (broad SMARTS) is 2. The molecule has 3 heterocycles. The number of likely N-dealkylation sites (tertiary alicyclic amines) is 2. The lowest BCUT2D eigenvalue weighted by atomic mass is 9.77. The number of alkyl halides is 6. The summed E-state index contributed by atoms with van der Waals surface area (Å²) in [7, 11) is 4.12. The third-order valence-electron chi connectivity index (χ3n) is 5.68. The number of halogens is 6. The minimum atomic E-state index is -5.08. The van der Waals surface area contributed by atoms with Crippen molar-refractivity contribution in [1.29, 1.82) is 0 Å². The number of hydrogen-bond acceptors (Lipinski definition) is 6. The second-order valence-electron chi connectivity index (χ2n) is 8.59. The minimum Gasteiger partial charge on any atom is -0.475 e. The van der Waals surface area contributed by atoms with Crippen molar-refractivity contribution < 1.29 is 55.4 Å². The van der Waals surface area contributed by atoms with Gasteiger partial charge in [-0.25, -0.2) is 9.59 Å².